The molecule has 1 N–H and O–H groups in total. The van der Waals surface area contributed by atoms with E-state index in [0.717, 1.165) is 28.1 Å². The standard InChI is InChI=1S/C22H18ClNO3/c1-15-20(23)3-2-4-21(15)24-13-16-7-11-19(12-8-16)27-14-17-5-9-18(10-6-17)22(25)26/h2-13H,14H2,1H3,(H,25,26). The van der Waals surface area contributed by atoms with E-state index in [4.69, 9.17) is 21.4 Å². The fraction of sp³-hybridized carbons (Fsp3) is 0.0909. The lowest BCUT2D eigenvalue weighted by Gasteiger charge is -2.07. The third kappa shape index (κ3) is 4.96. The first-order valence-corrected chi connectivity index (χ1v) is 8.75. The Hall–Kier alpha value is -3.11. The monoisotopic (exact) mass is 379 g/mol. The van der Waals surface area contributed by atoms with Gasteiger partial charge in [-0.15, -0.1) is 0 Å². The number of hydrogen-bond acceptors (Lipinski definition) is 3. The number of aromatic carboxylic acids is 1. The molecule has 3 rings (SSSR count). The van der Waals surface area contributed by atoms with E-state index in [1.165, 1.54) is 0 Å². The summed E-state index contributed by atoms with van der Waals surface area (Å²) in [6, 6.07) is 19.9. The lowest BCUT2D eigenvalue weighted by molar-refractivity contribution is 0.0697. The Labute approximate surface area is 162 Å². The van der Waals surface area contributed by atoms with Crippen LogP contribution in [0.4, 0.5) is 5.69 Å². The molecule has 0 heterocycles. The molecule has 0 unspecified atom stereocenters. The average Bonchev–Trinajstić information content (AvgIpc) is 2.68. The summed E-state index contributed by atoms with van der Waals surface area (Å²) in [7, 11) is 0. The Bertz CT molecular complexity index is 964. The van der Waals surface area contributed by atoms with E-state index < -0.39 is 5.97 Å². The third-order valence-corrected chi connectivity index (χ3v) is 4.49. The maximum Gasteiger partial charge on any atom is 0.335 e. The first-order chi connectivity index (χ1) is 13.0. The minimum absolute atomic E-state index is 0.261. The second kappa shape index (κ2) is 8.52. The SMILES string of the molecule is Cc1c(Cl)cccc1N=Cc1ccc(OCc2ccc(C(=O)O)cc2)cc1. The second-order valence-corrected chi connectivity index (χ2v) is 6.41. The van der Waals surface area contributed by atoms with E-state index in [9.17, 15) is 4.79 Å². The minimum atomic E-state index is -0.937. The number of nitrogens with zero attached hydrogens (tertiary/aromatic N) is 1. The number of ether oxygens (including phenoxy) is 1. The van der Waals surface area contributed by atoms with Crippen molar-refractivity contribution < 1.29 is 14.6 Å². The van der Waals surface area contributed by atoms with Crippen molar-refractivity contribution in [2.24, 2.45) is 4.99 Å². The summed E-state index contributed by atoms with van der Waals surface area (Å²) in [5.41, 5.74) is 3.91. The second-order valence-electron chi connectivity index (χ2n) is 6.00. The van der Waals surface area contributed by atoms with Gasteiger partial charge in [-0.25, -0.2) is 4.79 Å². The van der Waals surface area contributed by atoms with Crippen molar-refractivity contribution in [3.63, 3.8) is 0 Å². The van der Waals surface area contributed by atoms with Gasteiger partial charge in [0.2, 0.25) is 0 Å². The summed E-state index contributed by atoms with van der Waals surface area (Å²) in [4.78, 5) is 15.3. The number of rotatable bonds is 6. The van der Waals surface area contributed by atoms with Crippen LogP contribution in [0.2, 0.25) is 5.02 Å². The first-order valence-electron chi connectivity index (χ1n) is 8.37. The Kier molecular flexibility index (Phi) is 5.89. The lowest BCUT2D eigenvalue weighted by Crippen LogP contribution is -1.99. The van der Waals surface area contributed by atoms with Gasteiger partial charge >= 0.3 is 5.97 Å². The predicted octanol–water partition coefficient (Wildman–Crippen LogP) is 5.68. The highest BCUT2D eigenvalue weighted by atomic mass is 35.5. The maximum absolute atomic E-state index is 10.9. The molecule has 0 aliphatic rings. The van der Waals surface area contributed by atoms with Gasteiger partial charge in [-0.2, -0.15) is 0 Å². The van der Waals surface area contributed by atoms with Gasteiger partial charge in [0.1, 0.15) is 12.4 Å². The summed E-state index contributed by atoms with van der Waals surface area (Å²) in [5, 5.41) is 9.61. The van der Waals surface area contributed by atoms with E-state index in [1.54, 1.807) is 30.5 Å². The number of carbonyl (C=O) groups is 1. The number of aliphatic imine (C=N–C) groups is 1. The number of carboxylic acids is 1. The van der Waals surface area contributed by atoms with Crippen LogP contribution in [0.1, 0.15) is 27.0 Å². The fourth-order valence-electron chi connectivity index (χ4n) is 2.44. The Morgan fingerprint density at radius 3 is 2.44 bits per heavy atom. The predicted molar refractivity (Wildman–Crippen MR) is 108 cm³/mol. The molecular weight excluding hydrogens is 362 g/mol. The topological polar surface area (TPSA) is 58.9 Å². The summed E-state index contributed by atoms with van der Waals surface area (Å²) in [6.07, 6.45) is 1.78. The zero-order chi connectivity index (χ0) is 19.2. The van der Waals surface area contributed by atoms with Crippen molar-refractivity contribution in [3.05, 3.63) is 94.0 Å². The summed E-state index contributed by atoms with van der Waals surface area (Å²) >= 11 is 6.11. The van der Waals surface area contributed by atoms with Crippen molar-refractivity contribution in [3.8, 4) is 5.75 Å². The van der Waals surface area contributed by atoms with Gasteiger partial charge in [0, 0.05) is 11.2 Å². The summed E-state index contributed by atoms with van der Waals surface area (Å²) in [6.45, 7) is 2.31. The van der Waals surface area contributed by atoms with E-state index >= 15 is 0 Å². The van der Waals surface area contributed by atoms with Crippen LogP contribution in [0.15, 0.2) is 71.7 Å². The van der Waals surface area contributed by atoms with Crippen molar-refractivity contribution >= 4 is 29.5 Å². The zero-order valence-electron chi connectivity index (χ0n) is 14.7. The zero-order valence-corrected chi connectivity index (χ0v) is 15.5. The highest BCUT2D eigenvalue weighted by Crippen LogP contribution is 2.25. The van der Waals surface area contributed by atoms with Gasteiger partial charge in [0.15, 0.2) is 0 Å². The molecule has 5 heteroatoms. The van der Waals surface area contributed by atoms with Crippen molar-refractivity contribution in [1.82, 2.24) is 0 Å². The molecular formula is C22H18ClNO3. The molecule has 0 amide bonds. The lowest BCUT2D eigenvalue weighted by atomic mass is 10.1. The normalized spacial score (nSPS) is 10.9. The van der Waals surface area contributed by atoms with Crippen LogP contribution in [0, 0.1) is 6.92 Å². The van der Waals surface area contributed by atoms with E-state index in [0.29, 0.717) is 11.6 Å². The highest BCUT2D eigenvalue weighted by Gasteiger charge is 2.03. The maximum atomic E-state index is 10.9. The molecule has 4 nitrogen and oxygen atoms in total. The molecule has 3 aromatic rings. The van der Waals surface area contributed by atoms with Gasteiger partial charge in [-0.05, 0) is 72.1 Å². The van der Waals surface area contributed by atoms with Crippen molar-refractivity contribution in [2.45, 2.75) is 13.5 Å². The number of carboxylic acid groups (broad SMARTS) is 1. The molecule has 0 bridgehead atoms. The molecule has 0 spiro atoms. The minimum Gasteiger partial charge on any atom is -0.489 e. The molecule has 0 saturated heterocycles. The van der Waals surface area contributed by atoms with Gasteiger partial charge in [0.05, 0.1) is 11.3 Å². The van der Waals surface area contributed by atoms with Gasteiger partial charge in [-0.3, -0.25) is 4.99 Å². The van der Waals surface area contributed by atoms with Crippen LogP contribution < -0.4 is 4.74 Å². The average molecular weight is 380 g/mol. The van der Waals surface area contributed by atoms with Gasteiger partial charge < -0.3 is 9.84 Å². The Morgan fingerprint density at radius 1 is 1.07 bits per heavy atom. The molecule has 0 saturated carbocycles. The largest absolute Gasteiger partial charge is 0.489 e. The van der Waals surface area contributed by atoms with Gasteiger partial charge in [0.25, 0.3) is 0 Å². The van der Waals surface area contributed by atoms with E-state index in [1.807, 2.05) is 49.4 Å². The Balaban J connectivity index is 1.61. The number of hydrogen-bond donors (Lipinski definition) is 1. The fourth-order valence-corrected chi connectivity index (χ4v) is 2.61. The molecule has 3 aromatic carbocycles. The molecule has 0 aliphatic carbocycles. The molecule has 0 fully saturated rings. The van der Waals surface area contributed by atoms with Crippen LogP contribution in [-0.4, -0.2) is 17.3 Å². The Morgan fingerprint density at radius 2 is 1.78 bits per heavy atom. The van der Waals surface area contributed by atoms with Crippen molar-refractivity contribution in [2.75, 3.05) is 0 Å². The quantitative estimate of drug-likeness (QED) is 0.561. The summed E-state index contributed by atoms with van der Waals surface area (Å²) in [5.74, 6) is -0.207. The molecule has 0 radical (unpaired) electrons. The van der Waals surface area contributed by atoms with Crippen LogP contribution in [-0.2, 0) is 6.61 Å². The molecule has 0 atom stereocenters. The third-order valence-electron chi connectivity index (χ3n) is 4.08. The number of halogens is 1. The van der Waals surface area contributed by atoms with E-state index in [-0.39, 0.29) is 5.56 Å². The summed E-state index contributed by atoms with van der Waals surface area (Å²) < 4.78 is 5.74. The number of benzene rings is 3. The highest BCUT2D eigenvalue weighted by molar-refractivity contribution is 6.31. The molecule has 0 aromatic heterocycles. The first kappa shape index (κ1) is 18.7. The van der Waals surface area contributed by atoms with Crippen LogP contribution in [0.25, 0.3) is 0 Å². The molecule has 27 heavy (non-hydrogen) atoms. The van der Waals surface area contributed by atoms with Crippen LogP contribution in [0.3, 0.4) is 0 Å². The van der Waals surface area contributed by atoms with E-state index in [2.05, 4.69) is 4.99 Å². The van der Waals surface area contributed by atoms with Crippen LogP contribution >= 0.6 is 11.6 Å². The van der Waals surface area contributed by atoms with Crippen LogP contribution in [0.5, 0.6) is 5.75 Å². The molecule has 0 aliphatic heterocycles. The smallest absolute Gasteiger partial charge is 0.335 e. The molecule has 136 valence electrons. The van der Waals surface area contributed by atoms with Gasteiger partial charge in [-0.1, -0.05) is 29.8 Å². The van der Waals surface area contributed by atoms with Crippen molar-refractivity contribution in [1.29, 1.82) is 0 Å².